The molecular formula is C24H30N4O2S. The Bertz CT molecular complexity index is 1060. The number of hydrogen-bond acceptors (Lipinski definition) is 7. The van der Waals surface area contributed by atoms with Gasteiger partial charge in [0.15, 0.2) is 0 Å². The number of pyridine rings is 2. The Hall–Kier alpha value is -2.51. The number of anilines is 1. The number of fused-ring (bicyclic) bond motifs is 1. The molecule has 2 N–H and O–H groups in total. The largest absolute Gasteiger partial charge is 0.460 e. The third-order valence-electron chi connectivity index (χ3n) is 5.50. The van der Waals surface area contributed by atoms with Crippen molar-refractivity contribution in [1.29, 1.82) is 0 Å². The summed E-state index contributed by atoms with van der Waals surface area (Å²) in [5.41, 5.74) is 3.49. The van der Waals surface area contributed by atoms with Gasteiger partial charge in [0.1, 0.15) is 11.4 Å². The summed E-state index contributed by atoms with van der Waals surface area (Å²) in [6, 6.07) is 6.68. The molecule has 7 heteroatoms. The van der Waals surface area contributed by atoms with Crippen LogP contribution in [0.4, 0.5) is 5.69 Å². The Morgan fingerprint density at radius 1 is 1.23 bits per heavy atom. The van der Waals surface area contributed by atoms with E-state index < -0.39 is 5.41 Å². The van der Waals surface area contributed by atoms with E-state index in [1.54, 1.807) is 11.3 Å². The van der Waals surface area contributed by atoms with E-state index in [-0.39, 0.29) is 12.6 Å². The molecule has 1 aliphatic heterocycles. The minimum Gasteiger partial charge on any atom is -0.460 e. The van der Waals surface area contributed by atoms with Gasteiger partial charge >= 0.3 is 5.97 Å². The van der Waals surface area contributed by atoms with Crippen LogP contribution in [0.2, 0.25) is 0 Å². The monoisotopic (exact) mass is 438 g/mol. The van der Waals surface area contributed by atoms with Crippen molar-refractivity contribution in [3.8, 4) is 10.4 Å². The lowest BCUT2D eigenvalue weighted by Crippen LogP contribution is -2.35. The van der Waals surface area contributed by atoms with E-state index in [4.69, 9.17) is 9.72 Å². The molecule has 3 aromatic rings. The zero-order valence-corrected chi connectivity index (χ0v) is 19.4. The van der Waals surface area contributed by atoms with E-state index >= 15 is 0 Å². The molecule has 0 saturated carbocycles. The van der Waals surface area contributed by atoms with Crippen molar-refractivity contribution in [2.24, 2.45) is 5.41 Å². The number of nitrogens with one attached hydrogen (secondary N) is 2. The predicted molar refractivity (Wildman–Crippen MR) is 126 cm³/mol. The molecule has 1 fully saturated rings. The summed E-state index contributed by atoms with van der Waals surface area (Å²) in [6.45, 7) is 9.81. The molecule has 4 heterocycles. The Morgan fingerprint density at radius 3 is 2.68 bits per heavy atom. The molecule has 164 valence electrons. The van der Waals surface area contributed by atoms with Crippen molar-refractivity contribution in [3.63, 3.8) is 0 Å². The molecule has 0 atom stereocenters. The second kappa shape index (κ2) is 8.93. The minimum absolute atomic E-state index is 0.211. The number of thiophene rings is 1. The van der Waals surface area contributed by atoms with Crippen molar-refractivity contribution in [2.45, 2.75) is 53.2 Å². The number of carbonyl (C=O) groups excluding carboxylic acids is 1. The van der Waals surface area contributed by atoms with Gasteiger partial charge in [-0.1, -0.05) is 6.07 Å². The van der Waals surface area contributed by atoms with Crippen molar-refractivity contribution in [2.75, 3.05) is 18.4 Å². The minimum atomic E-state index is -0.534. The normalized spacial score (nSPS) is 15.2. The van der Waals surface area contributed by atoms with Gasteiger partial charge in [0, 0.05) is 45.5 Å². The first-order valence-corrected chi connectivity index (χ1v) is 11.6. The van der Waals surface area contributed by atoms with Crippen LogP contribution in [0.3, 0.4) is 0 Å². The van der Waals surface area contributed by atoms with Gasteiger partial charge in [0.05, 0.1) is 11.1 Å². The second-order valence-corrected chi connectivity index (χ2v) is 10.2. The first-order chi connectivity index (χ1) is 14.8. The van der Waals surface area contributed by atoms with Crippen LogP contribution in [0.5, 0.6) is 0 Å². The maximum absolute atomic E-state index is 12.3. The molecule has 1 saturated heterocycles. The van der Waals surface area contributed by atoms with Gasteiger partial charge in [-0.2, -0.15) is 0 Å². The Labute approximate surface area is 187 Å². The molecule has 0 radical (unpaired) electrons. The molecule has 31 heavy (non-hydrogen) atoms. The summed E-state index contributed by atoms with van der Waals surface area (Å²) in [7, 11) is 0. The van der Waals surface area contributed by atoms with E-state index in [1.807, 2.05) is 46.2 Å². The molecule has 0 unspecified atom stereocenters. The fraction of sp³-hybridized carbons (Fsp3) is 0.458. The summed E-state index contributed by atoms with van der Waals surface area (Å²) in [5.74, 6) is -0.211. The standard InChI is InChI=1S/C24H30N4O2S/c1-15-5-6-16(12-26-15)20-11-19-21(28-18-7-9-25-10-8-18)17(13-27-22(19)31-20)14-30-23(29)24(2,3)4/h5-6,11-13,18,25H,7-10,14H2,1-4H3,(H,27,28). The quantitative estimate of drug-likeness (QED) is 0.551. The highest BCUT2D eigenvalue weighted by atomic mass is 32.1. The molecule has 0 aliphatic carbocycles. The molecule has 0 spiro atoms. The number of nitrogens with zero attached hydrogens (tertiary/aromatic N) is 2. The lowest BCUT2D eigenvalue weighted by atomic mass is 9.97. The zero-order chi connectivity index (χ0) is 22.0. The van der Waals surface area contributed by atoms with Crippen molar-refractivity contribution in [3.05, 3.63) is 41.9 Å². The fourth-order valence-electron chi connectivity index (χ4n) is 3.60. The second-order valence-electron chi connectivity index (χ2n) is 9.17. The Balaban J connectivity index is 1.70. The number of ether oxygens (including phenoxy) is 1. The fourth-order valence-corrected chi connectivity index (χ4v) is 4.60. The molecule has 0 aromatic carbocycles. The van der Waals surface area contributed by atoms with Crippen LogP contribution in [0, 0.1) is 12.3 Å². The van der Waals surface area contributed by atoms with Crippen LogP contribution < -0.4 is 10.6 Å². The third-order valence-corrected chi connectivity index (χ3v) is 6.59. The van der Waals surface area contributed by atoms with Crippen LogP contribution in [-0.4, -0.2) is 35.1 Å². The van der Waals surface area contributed by atoms with E-state index in [2.05, 4.69) is 27.8 Å². The van der Waals surface area contributed by atoms with Crippen molar-refractivity contribution >= 4 is 33.2 Å². The highest BCUT2D eigenvalue weighted by Gasteiger charge is 2.24. The third kappa shape index (κ3) is 5.05. The van der Waals surface area contributed by atoms with Crippen molar-refractivity contribution < 1.29 is 9.53 Å². The van der Waals surface area contributed by atoms with Crippen LogP contribution in [0.1, 0.15) is 44.9 Å². The molecule has 3 aromatic heterocycles. The lowest BCUT2D eigenvalue weighted by Gasteiger charge is -2.26. The number of rotatable bonds is 5. The SMILES string of the molecule is Cc1ccc(-c2cc3c(NC4CCNCC4)c(COC(=O)C(C)(C)C)cnc3s2)cn1. The van der Waals surface area contributed by atoms with Crippen molar-refractivity contribution in [1.82, 2.24) is 15.3 Å². The summed E-state index contributed by atoms with van der Waals surface area (Å²) in [6.07, 6.45) is 5.87. The summed E-state index contributed by atoms with van der Waals surface area (Å²) in [4.78, 5) is 23.6. The maximum atomic E-state index is 12.3. The number of aryl methyl sites for hydroxylation is 1. The number of esters is 1. The summed E-state index contributed by atoms with van der Waals surface area (Å²) in [5, 5.41) is 8.23. The predicted octanol–water partition coefficient (Wildman–Crippen LogP) is 4.92. The van der Waals surface area contributed by atoms with Gasteiger partial charge < -0.3 is 15.4 Å². The van der Waals surface area contributed by atoms with E-state index in [0.29, 0.717) is 6.04 Å². The number of piperidine rings is 1. The molecule has 4 rings (SSSR count). The van der Waals surface area contributed by atoms with E-state index in [1.165, 1.54) is 0 Å². The summed E-state index contributed by atoms with van der Waals surface area (Å²) < 4.78 is 5.64. The zero-order valence-electron chi connectivity index (χ0n) is 18.6. The molecular weight excluding hydrogens is 408 g/mol. The average molecular weight is 439 g/mol. The highest BCUT2D eigenvalue weighted by Crippen LogP contribution is 2.38. The van der Waals surface area contributed by atoms with Gasteiger partial charge in [0.25, 0.3) is 0 Å². The van der Waals surface area contributed by atoms with Gasteiger partial charge in [-0.3, -0.25) is 9.78 Å². The van der Waals surface area contributed by atoms with Crippen LogP contribution in [-0.2, 0) is 16.1 Å². The van der Waals surface area contributed by atoms with Crippen LogP contribution in [0.15, 0.2) is 30.6 Å². The van der Waals surface area contributed by atoms with Gasteiger partial charge in [-0.05, 0) is 65.8 Å². The molecule has 0 amide bonds. The number of aromatic nitrogens is 2. The molecule has 6 nitrogen and oxygen atoms in total. The van der Waals surface area contributed by atoms with E-state index in [0.717, 1.165) is 63.5 Å². The molecule has 0 bridgehead atoms. The Morgan fingerprint density at radius 2 is 2.00 bits per heavy atom. The maximum Gasteiger partial charge on any atom is 0.311 e. The van der Waals surface area contributed by atoms with Crippen LogP contribution in [0.25, 0.3) is 20.7 Å². The molecule has 1 aliphatic rings. The average Bonchev–Trinajstić information content (AvgIpc) is 3.18. The number of carbonyl (C=O) groups is 1. The van der Waals surface area contributed by atoms with Gasteiger partial charge in [-0.15, -0.1) is 11.3 Å². The van der Waals surface area contributed by atoms with Gasteiger partial charge in [-0.25, -0.2) is 4.98 Å². The summed E-state index contributed by atoms with van der Waals surface area (Å²) >= 11 is 1.66. The first kappa shape index (κ1) is 21.7. The lowest BCUT2D eigenvalue weighted by molar-refractivity contribution is -0.154. The van der Waals surface area contributed by atoms with E-state index in [9.17, 15) is 4.79 Å². The smallest absolute Gasteiger partial charge is 0.311 e. The van der Waals surface area contributed by atoms with Crippen LogP contribution >= 0.6 is 11.3 Å². The highest BCUT2D eigenvalue weighted by molar-refractivity contribution is 7.21. The number of hydrogen-bond donors (Lipinski definition) is 2. The topological polar surface area (TPSA) is 76.1 Å². The first-order valence-electron chi connectivity index (χ1n) is 10.8. The van der Waals surface area contributed by atoms with Gasteiger partial charge in [0.2, 0.25) is 0 Å². The Kier molecular flexibility index (Phi) is 6.25.